The maximum atomic E-state index is 12.2. The van der Waals surface area contributed by atoms with Crippen LogP contribution in [0.2, 0.25) is 0 Å². The number of hydrogen-bond donors (Lipinski definition) is 3. The summed E-state index contributed by atoms with van der Waals surface area (Å²) in [6.07, 6.45) is 0. The van der Waals surface area contributed by atoms with Crippen LogP contribution < -0.4 is 16.7 Å². The summed E-state index contributed by atoms with van der Waals surface area (Å²) in [4.78, 5) is 24.3. The third-order valence-corrected chi connectivity index (χ3v) is 4.05. The topological polar surface area (TPSA) is 112 Å². The van der Waals surface area contributed by atoms with Gasteiger partial charge in [-0.1, -0.05) is 54.6 Å². The van der Waals surface area contributed by atoms with Gasteiger partial charge in [0, 0.05) is 16.7 Å². The summed E-state index contributed by atoms with van der Waals surface area (Å²) >= 11 is 0. The molecular weight excluding hydrogens is 320 g/mol. The van der Waals surface area contributed by atoms with Gasteiger partial charge in [-0.15, -0.1) is 0 Å². The summed E-state index contributed by atoms with van der Waals surface area (Å²) in [6.45, 7) is 0. The van der Waals surface area contributed by atoms with Crippen LogP contribution in [0.5, 0.6) is 0 Å². The van der Waals surface area contributed by atoms with Crippen molar-refractivity contribution in [3.8, 4) is 0 Å². The van der Waals surface area contributed by atoms with Crippen LogP contribution in [-0.2, 0) is 9.59 Å². The van der Waals surface area contributed by atoms with Gasteiger partial charge < -0.3 is 0 Å². The number of nitrogens with two attached hydrogens (primary N) is 1. The number of hydrazone groups is 2. The zero-order chi connectivity index (χ0) is 17.4. The quantitative estimate of drug-likeness (QED) is 0.308. The van der Waals surface area contributed by atoms with Crippen LogP contribution in [0.3, 0.4) is 0 Å². The van der Waals surface area contributed by atoms with Crippen LogP contribution in [0, 0.1) is 0 Å². The van der Waals surface area contributed by atoms with E-state index in [0.29, 0.717) is 11.5 Å². The second-order valence-electron chi connectivity index (χ2n) is 5.53. The second kappa shape index (κ2) is 5.84. The first-order valence-electron chi connectivity index (χ1n) is 7.61. The highest BCUT2D eigenvalue weighted by Crippen LogP contribution is 2.26. The van der Waals surface area contributed by atoms with Crippen molar-refractivity contribution in [1.82, 2.24) is 15.9 Å². The van der Waals surface area contributed by atoms with Gasteiger partial charge in [0.05, 0.1) is 5.71 Å². The first-order chi connectivity index (χ1) is 12.2. The van der Waals surface area contributed by atoms with E-state index in [1.165, 1.54) is 5.01 Å². The second-order valence-corrected chi connectivity index (χ2v) is 5.53. The number of fused-ring (bicyclic) bond motifs is 3. The molecule has 0 aromatic heterocycles. The summed E-state index contributed by atoms with van der Waals surface area (Å²) < 4.78 is 0. The third kappa shape index (κ3) is 2.36. The fourth-order valence-electron chi connectivity index (χ4n) is 2.91. The lowest BCUT2D eigenvalue weighted by molar-refractivity contribution is -0.136. The van der Waals surface area contributed by atoms with E-state index < -0.39 is 17.9 Å². The highest BCUT2D eigenvalue weighted by Gasteiger charge is 2.41. The number of benzene rings is 2. The van der Waals surface area contributed by atoms with Gasteiger partial charge >= 0.3 is 0 Å². The van der Waals surface area contributed by atoms with Crippen molar-refractivity contribution in [2.45, 2.75) is 6.04 Å². The minimum absolute atomic E-state index is 0.392. The van der Waals surface area contributed by atoms with Crippen molar-refractivity contribution in [3.05, 3.63) is 71.3 Å². The molecule has 4 rings (SSSR count). The van der Waals surface area contributed by atoms with E-state index in [1.807, 2.05) is 60.0 Å². The standard InChI is InChI=1S/C17H14N6O2/c18-19-16(24)14-17(25)21-20-15-12-9-5-4-8-11(12)13(22-23(14)15)10-6-2-1-3-7-10/h1-9,14H,18H2,(H,19,24)(H,21,25). The highest BCUT2D eigenvalue weighted by molar-refractivity contribution is 6.23. The van der Waals surface area contributed by atoms with Crippen LogP contribution in [-0.4, -0.2) is 34.4 Å². The Kier molecular flexibility index (Phi) is 3.51. The zero-order valence-corrected chi connectivity index (χ0v) is 13.0. The van der Waals surface area contributed by atoms with E-state index in [2.05, 4.69) is 15.6 Å². The number of nitrogens with zero attached hydrogens (tertiary/aromatic N) is 3. The summed E-state index contributed by atoms with van der Waals surface area (Å²) in [7, 11) is 0. The number of carbonyl (C=O) groups excluding carboxylic acids is 2. The molecule has 0 bridgehead atoms. The Morgan fingerprint density at radius 1 is 1.08 bits per heavy atom. The average molecular weight is 334 g/mol. The molecule has 2 aromatic carbocycles. The molecule has 0 saturated carbocycles. The van der Waals surface area contributed by atoms with Crippen molar-refractivity contribution in [2.75, 3.05) is 0 Å². The molecule has 2 amide bonds. The number of hydrogen-bond acceptors (Lipinski definition) is 6. The molecule has 0 fully saturated rings. The third-order valence-electron chi connectivity index (χ3n) is 4.05. The number of carbonyl (C=O) groups is 2. The fourth-order valence-corrected chi connectivity index (χ4v) is 2.91. The maximum Gasteiger partial charge on any atom is 0.274 e. The van der Waals surface area contributed by atoms with Gasteiger partial charge in [0.15, 0.2) is 5.84 Å². The largest absolute Gasteiger partial charge is 0.292 e. The van der Waals surface area contributed by atoms with Crippen molar-refractivity contribution in [1.29, 1.82) is 0 Å². The highest BCUT2D eigenvalue weighted by atomic mass is 16.2. The molecule has 2 heterocycles. The molecule has 0 saturated heterocycles. The Morgan fingerprint density at radius 3 is 2.48 bits per heavy atom. The fraction of sp³-hybridized carbons (Fsp3) is 0.0588. The molecule has 8 nitrogen and oxygen atoms in total. The zero-order valence-electron chi connectivity index (χ0n) is 13.0. The van der Waals surface area contributed by atoms with Crippen LogP contribution in [0.1, 0.15) is 16.7 Å². The molecule has 8 heteroatoms. The monoisotopic (exact) mass is 334 g/mol. The predicted octanol–water partition coefficient (Wildman–Crippen LogP) is -0.0955. The van der Waals surface area contributed by atoms with Gasteiger partial charge in [0.1, 0.15) is 0 Å². The smallest absolute Gasteiger partial charge is 0.274 e. The van der Waals surface area contributed by atoms with Crippen LogP contribution in [0.25, 0.3) is 0 Å². The van der Waals surface area contributed by atoms with Gasteiger partial charge in [-0.3, -0.25) is 15.0 Å². The molecule has 2 aromatic rings. The van der Waals surface area contributed by atoms with Gasteiger partial charge in [0.25, 0.3) is 11.8 Å². The Balaban J connectivity index is 1.93. The molecule has 124 valence electrons. The molecule has 4 N–H and O–H groups in total. The molecular formula is C17H14N6O2. The maximum absolute atomic E-state index is 12.2. The summed E-state index contributed by atoms with van der Waals surface area (Å²) in [5.41, 5.74) is 7.53. The lowest BCUT2D eigenvalue weighted by atomic mass is 9.94. The molecule has 0 aliphatic carbocycles. The number of nitrogens with one attached hydrogen (secondary N) is 2. The van der Waals surface area contributed by atoms with Gasteiger partial charge in [-0.2, -0.15) is 10.2 Å². The predicted molar refractivity (Wildman–Crippen MR) is 91.2 cm³/mol. The van der Waals surface area contributed by atoms with Crippen LogP contribution >= 0.6 is 0 Å². The molecule has 2 aliphatic rings. The minimum Gasteiger partial charge on any atom is -0.292 e. The van der Waals surface area contributed by atoms with E-state index in [0.717, 1.165) is 16.7 Å². The Bertz CT molecular complexity index is 922. The van der Waals surface area contributed by atoms with E-state index in [9.17, 15) is 9.59 Å². The molecule has 2 aliphatic heterocycles. The van der Waals surface area contributed by atoms with Gasteiger partial charge in [0.2, 0.25) is 6.04 Å². The molecule has 0 spiro atoms. The van der Waals surface area contributed by atoms with E-state index in [4.69, 9.17) is 5.84 Å². The van der Waals surface area contributed by atoms with Gasteiger partial charge in [-0.25, -0.2) is 16.3 Å². The minimum atomic E-state index is -1.23. The molecule has 1 unspecified atom stereocenters. The molecule has 25 heavy (non-hydrogen) atoms. The van der Waals surface area contributed by atoms with Crippen LogP contribution in [0.15, 0.2) is 64.8 Å². The Labute approximate surface area is 143 Å². The molecule has 0 radical (unpaired) electrons. The average Bonchev–Trinajstić information content (AvgIpc) is 2.67. The lowest BCUT2D eigenvalue weighted by Crippen LogP contribution is -2.60. The number of rotatable bonds is 2. The van der Waals surface area contributed by atoms with E-state index in [-0.39, 0.29) is 0 Å². The molecule has 1 atom stereocenters. The summed E-state index contributed by atoms with van der Waals surface area (Å²) in [6, 6.07) is 15.9. The number of amidine groups is 1. The number of amides is 2. The van der Waals surface area contributed by atoms with E-state index in [1.54, 1.807) is 0 Å². The van der Waals surface area contributed by atoms with Crippen molar-refractivity contribution < 1.29 is 9.59 Å². The first-order valence-corrected chi connectivity index (χ1v) is 7.61. The first kappa shape index (κ1) is 15.0. The number of hydrazine groups is 1. The SMILES string of the molecule is NNC(=O)C1C(=O)NN=C2c3ccccc3C(c3ccccc3)=NN21. The summed E-state index contributed by atoms with van der Waals surface area (Å²) in [5, 5.41) is 9.95. The van der Waals surface area contributed by atoms with Crippen molar-refractivity contribution in [2.24, 2.45) is 16.0 Å². The van der Waals surface area contributed by atoms with Crippen LogP contribution in [0.4, 0.5) is 0 Å². The van der Waals surface area contributed by atoms with Crippen molar-refractivity contribution in [3.63, 3.8) is 0 Å². The Morgan fingerprint density at radius 2 is 1.76 bits per heavy atom. The Hall–Kier alpha value is -3.52. The summed E-state index contributed by atoms with van der Waals surface area (Å²) in [5.74, 6) is 4.36. The lowest BCUT2D eigenvalue weighted by Gasteiger charge is -2.35. The normalized spacial score (nSPS) is 18.4. The van der Waals surface area contributed by atoms with E-state index >= 15 is 0 Å². The van der Waals surface area contributed by atoms with Crippen molar-refractivity contribution >= 4 is 23.4 Å². The van der Waals surface area contributed by atoms with Gasteiger partial charge in [-0.05, 0) is 0 Å².